The van der Waals surface area contributed by atoms with Gasteiger partial charge in [0, 0.05) is 19.3 Å². The highest BCUT2D eigenvalue weighted by Gasteiger charge is 2.13. The predicted molar refractivity (Wildman–Crippen MR) is 114 cm³/mol. The first kappa shape index (κ1) is 20.2. The number of carbonyl (C=O) groups excluding carboxylic acids is 1. The molecule has 4 rings (SSSR count). The van der Waals surface area contributed by atoms with Crippen molar-refractivity contribution in [2.45, 2.75) is 33.0 Å². The molecule has 0 aliphatic heterocycles. The number of fused-ring (bicyclic) bond motifs is 1. The number of pyridine rings is 1. The maximum Gasteiger partial charge on any atom is 0.329 e. The van der Waals surface area contributed by atoms with Crippen LogP contribution in [-0.2, 0) is 19.6 Å². The first-order valence-electron chi connectivity index (χ1n) is 9.86. The van der Waals surface area contributed by atoms with E-state index >= 15 is 0 Å². The minimum absolute atomic E-state index is 0.204. The molecule has 0 bridgehead atoms. The molecule has 0 saturated carbocycles. The second kappa shape index (κ2) is 8.74. The van der Waals surface area contributed by atoms with Crippen LogP contribution in [0.3, 0.4) is 0 Å². The minimum Gasteiger partial charge on any atom is -0.348 e. The number of rotatable bonds is 7. The van der Waals surface area contributed by atoms with Gasteiger partial charge < -0.3 is 5.32 Å². The number of aromatic amines is 1. The molecule has 0 spiro atoms. The Labute approximate surface area is 176 Å². The van der Waals surface area contributed by atoms with Gasteiger partial charge >= 0.3 is 5.69 Å². The average Bonchev–Trinajstić information content (AvgIpc) is 3.28. The van der Waals surface area contributed by atoms with Crippen LogP contribution >= 0.6 is 0 Å². The normalized spacial score (nSPS) is 11.0. The molecule has 1 aromatic carbocycles. The molecule has 0 saturated heterocycles. The first-order chi connectivity index (χ1) is 15.0. The van der Waals surface area contributed by atoms with Crippen molar-refractivity contribution >= 4 is 16.9 Å². The maximum absolute atomic E-state index is 12.6. The molecule has 4 aromatic rings. The van der Waals surface area contributed by atoms with Gasteiger partial charge in [0.25, 0.3) is 11.5 Å². The summed E-state index contributed by atoms with van der Waals surface area (Å²) in [4.78, 5) is 47.3. The molecular weight excluding hydrogens is 398 g/mol. The summed E-state index contributed by atoms with van der Waals surface area (Å²) in [6, 6.07) is 9.25. The van der Waals surface area contributed by atoms with Gasteiger partial charge in [-0.1, -0.05) is 31.2 Å². The molecular formula is C21H21N7O3. The smallest absolute Gasteiger partial charge is 0.329 e. The monoisotopic (exact) mass is 419 g/mol. The van der Waals surface area contributed by atoms with Crippen LogP contribution in [0.5, 0.6) is 0 Å². The van der Waals surface area contributed by atoms with E-state index in [2.05, 4.69) is 25.4 Å². The number of H-pyrrole nitrogens is 1. The molecule has 3 aromatic heterocycles. The lowest BCUT2D eigenvalue weighted by Crippen LogP contribution is -2.31. The van der Waals surface area contributed by atoms with Crippen LogP contribution in [0, 0.1) is 0 Å². The third kappa shape index (κ3) is 4.42. The summed E-state index contributed by atoms with van der Waals surface area (Å²) < 4.78 is 3.12. The molecule has 31 heavy (non-hydrogen) atoms. The van der Waals surface area contributed by atoms with E-state index in [1.807, 2.05) is 31.2 Å². The zero-order valence-corrected chi connectivity index (χ0v) is 16.9. The van der Waals surface area contributed by atoms with Gasteiger partial charge in [0.05, 0.1) is 17.5 Å². The van der Waals surface area contributed by atoms with Crippen LogP contribution in [-0.4, -0.2) is 35.2 Å². The molecule has 3 heterocycles. The Bertz CT molecular complexity index is 1340. The highest BCUT2D eigenvalue weighted by Crippen LogP contribution is 2.10. The maximum atomic E-state index is 12.6. The van der Waals surface area contributed by atoms with Crippen molar-refractivity contribution in [3.63, 3.8) is 0 Å². The highest BCUT2D eigenvalue weighted by atomic mass is 16.2. The van der Waals surface area contributed by atoms with Crippen LogP contribution in [0.1, 0.15) is 34.8 Å². The molecule has 0 atom stereocenters. The third-order valence-electron chi connectivity index (χ3n) is 4.80. The van der Waals surface area contributed by atoms with E-state index in [9.17, 15) is 14.4 Å². The van der Waals surface area contributed by atoms with Crippen molar-refractivity contribution in [1.29, 1.82) is 0 Å². The Balaban J connectivity index is 1.51. The Hall–Kier alpha value is -4.08. The average molecular weight is 419 g/mol. The van der Waals surface area contributed by atoms with E-state index in [4.69, 9.17) is 0 Å². The van der Waals surface area contributed by atoms with E-state index in [1.165, 1.54) is 23.2 Å². The Morgan fingerprint density at radius 3 is 2.81 bits per heavy atom. The first-order valence-corrected chi connectivity index (χ1v) is 9.86. The molecule has 0 radical (unpaired) electrons. The molecule has 0 unspecified atom stereocenters. The number of nitrogens with zero attached hydrogens (tertiary/aromatic N) is 5. The second-order valence-corrected chi connectivity index (χ2v) is 7.10. The standard InChI is InChI=1S/C21H21N7O3/c1-2-6-28-18-17(20(30)26-21(28)31)8-16(10-23-18)19(29)24-9-14-4-3-5-15(7-14)11-27-13-22-12-25-27/h3-5,7-8,10,12-13H,2,6,9,11H2,1H3,(H,24,29)(H,26,30,31). The van der Waals surface area contributed by atoms with Crippen molar-refractivity contribution in [3.8, 4) is 0 Å². The molecule has 0 aliphatic carbocycles. The van der Waals surface area contributed by atoms with Gasteiger partial charge in [-0.3, -0.25) is 19.1 Å². The summed E-state index contributed by atoms with van der Waals surface area (Å²) in [5.41, 5.74) is 1.41. The summed E-state index contributed by atoms with van der Waals surface area (Å²) in [5, 5.41) is 7.14. The van der Waals surface area contributed by atoms with Gasteiger partial charge in [-0.15, -0.1) is 0 Å². The number of hydrogen-bond donors (Lipinski definition) is 2. The van der Waals surface area contributed by atoms with E-state index in [0.717, 1.165) is 11.1 Å². The number of nitrogens with one attached hydrogen (secondary N) is 2. The Kier molecular flexibility index (Phi) is 5.69. The van der Waals surface area contributed by atoms with Crippen LogP contribution < -0.4 is 16.6 Å². The lowest BCUT2D eigenvalue weighted by Gasteiger charge is -2.10. The zero-order chi connectivity index (χ0) is 21.8. The molecule has 1 amide bonds. The van der Waals surface area contributed by atoms with Crippen LogP contribution in [0.2, 0.25) is 0 Å². The van der Waals surface area contributed by atoms with E-state index in [1.54, 1.807) is 11.0 Å². The number of benzene rings is 1. The van der Waals surface area contributed by atoms with E-state index in [-0.39, 0.29) is 22.5 Å². The quantitative estimate of drug-likeness (QED) is 0.461. The van der Waals surface area contributed by atoms with Crippen molar-refractivity contribution in [1.82, 2.24) is 34.6 Å². The summed E-state index contributed by atoms with van der Waals surface area (Å²) in [6.07, 6.45) is 5.21. The van der Waals surface area contributed by atoms with Gasteiger partial charge in [-0.05, 0) is 23.6 Å². The van der Waals surface area contributed by atoms with Gasteiger partial charge in [0.2, 0.25) is 0 Å². The number of carbonyl (C=O) groups is 1. The SMILES string of the molecule is CCCn1c(=O)[nH]c(=O)c2cc(C(=O)NCc3cccc(Cn4cncn4)c3)cnc21. The summed E-state index contributed by atoms with van der Waals surface area (Å²) in [6.45, 7) is 3.24. The van der Waals surface area contributed by atoms with Crippen LogP contribution in [0.15, 0.2) is 58.8 Å². The lowest BCUT2D eigenvalue weighted by molar-refractivity contribution is 0.0950. The molecule has 10 nitrogen and oxygen atoms in total. The van der Waals surface area contributed by atoms with Crippen molar-refractivity contribution < 1.29 is 4.79 Å². The minimum atomic E-state index is -0.560. The fraction of sp³-hybridized carbons (Fsp3) is 0.238. The number of amides is 1. The fourth-order valence-electron chi connectivity index (χ4n) is 3.35. The van der Waals surface area contributed by atoms with Crippen molar-refractivity contribution in [2.24, 2.45) is 0 Å². The van der Waals surface area contributed by atoms with Crippen molar-refractivity contribution in [3.05, 3.63) is 86.7 Å². The van der Waals surface area contributed by atoms with Crippen molar-refractivity contribution in [2.75, 3.05) is 0 Å². The number of aryl methyl sites for hydroxylation is 1. The summed E-state index contributed by atoms with van der Waals surface area (Å²) in [7, 11) is 0. The molecule has 158 valence electrons. The number of aromatic nitrogens is 6. The highest BCUT2D eigenvalue weighted by molar-refractivity contribution is 5.96. The molecule has 0 fully saturated rings. The molecule has 2 N–H and O–H groups in total. The van der Waals surface area contributed by atoms with Gasteiger partial charge in [-0.2, -0.15) is 5.10 Å². The predicted octanol–water partition coefficient (Wildman–Crippen LogP) is 1.06. The summed E-state index contributed by atoms with van der Waals surface area (Å²) in [5.74, 6) is -0.358. The molecule has 0 aliphatic rings. The van der Waals surface area contributed by atoms with Gasteiger partial charge in [-0.25, -0.2) is 19.4 Å². The lowest BCUT2D eigenvalue weighted by atomic mass is 10.1. The van der Waals surface area contributed by atoms with Crippen LogP contribution in [0.25, 0.3) is 11.0 Å². The van der Waals surface area contributed by atoms with Gasteiger partial charge in [0.15, 0.2) is 0 Å². The van der Waals surface area contributed by atoms with Crippen LogP contribution in [0.4, 0.5) is 0 Å². The van der Waals surface area contributed by atoms with Gasteiger partial charge in [0.1, 0.15) is 18.3 Å². The van der Waals surface area contributed by atoms with E-state index in [0.29, 0.717) is 26.1 Å². The largest absolute Gasteiger partial charge is 0.348 e. The second-order valence-electron chi connectivity index (χ2n) is 7.10. The Morgan fingerprint density at radius 2 is 2.03 bits per heavy atom. The molecule has 10 heteroatoms. The third-order valence-corrected chi connectivity index (χ3v) is 4.80. The zero-order valence-electron chi connectivity index (χ0n) is 16.9. The fourth-order valence-corrected chi connectivity index (χ4v) is 3.35. The Morgan fingerprint density at radius 1 is 1.19 bits per heavy atom. The summed E-state index contributed by atoms with van der Waals surface area (Å²) >= 11 is 0. The number of hydrogen-bond acceptors (Lipinski definition) is 6. The topological polar surface area (TPSA) is 128 Å². The van der Waals surface area contributed by atoms with E-state index < -0.39 is 11.2 Å².